The number of aromatic hydroxyl groups is 1. The Morgan fingerprint density at radius 3 is 2.63 bits per heavy atom. The van der Waals surface area contributed by atoms with Crippen LogP contribution < -0.4 is 0 Å². The van der Waals surface area contributed by atoms with Crippen LogP contribution in [-0.2, 0) is 0 Å². The van der Waals surface area contributed by atoms with Crippen LogP contribution in [0.15, 0.2) is 53.1 Å². The number of phenolic OH excluding ortho intramolecular Hbond substituents is 1. The lowest BCUT2D eigenvalue weighted by Crippen LogP contribution is -1.91. The van der Waals surface area contributed by atoms with Gasteiger partial charge in [-0.25, -0.2) is 4.39 Å². The van der Waals surface area contributed by atoms with Crippen molar-refractivity contribution in [1.29, 1.82) is 0 Å². The Bertz CT molecular complexity index is 640. The molecule has 1 N–H and O–H groups in total. The van der Waals surface area contributed by atoms with Crippen molar-refractivity contribution in [1.82, 2.24) is 0 Å². The zero-order chi connectivity index (χ0) is 13.8. The van der Waals surface area contributed by atoms with E-state index in [0.717, 1.165) is 10.1 Å². The van der Waals surface area contributed by atoms with Crippen LogP contribution in [0.5, 0.6) is 5.75 Å². The van der Waals surface area contributed by atoms with E-state index in [0.29, 0.717) is 11.8 Å². The first-order valence-electron chi connectivity index (χ1n) is 5.52. The normalized spacial score (nSPS) is 23.3. The van der Waals surface area contributed by atoms with Crippen LogP contribution in [0.2, 0.25) is 0 Å². The highest BCUT2D eigenvalue weighted by molar-refractivity contribution is 9.11. The minimum atomic E-state index is -0.809. The number of allylic oxidation sites excluding steroid dienone is 8. The molecule has 1 aliphatic carbocycles. The number of phenols is 1. The summed E-state index contributed by atoms with van der Waals surface area (Å²) >= 11 is 3.35. The SMILES string of the molecule is O=Cc1cc(C2=C/C=C\C(Br)=C/C=C\2)cc(F)c1O. The van der Waals surface area contributed by atoms with Gasteiger partial charge in [0.15, 0.2) is 17.9 Å². The lowest BCUT2D eigenvalue weighted by atomic mass is 10.0. The molecule has 0 fully saturated rings. The molecule has 0 aromatic heterocycles. The Morgan fingerprint density at radius 1 is 1.16 bits per heavy atom. The average Bonchev–Trinajstić information content (AvgIpc) is 2.37. The fourth-order valence-electron chi connectivity index (χ4n) is 1.67. The molecular weight excluding hydrogens is 311 g/mol. The summed E-state index contributed by atoms with van der Waals surface area (Å²) in [7, 11) is 0. The molecule has 2 rings (SSSR count). The number of benzene rings is 1. The van der Waals surface area contributed by atoms with Crippen LogP contribution in [-0.4, -0.2) is 11.4 Å². The highest BCUT2D eigenvalue weighted by atomic mass is 79.9. The van der Waals surface area contributed by atoms with Crippen LogP contribution in [0.1, 0.15) is 15.9 Å². The molecule has 0 saturated heterocycles. The van der Waals surface area contributed by atoms with Crippen LogP contribution in [0, 0.1) is 5.82 Å². The van der Waals surface area contributed by atoms with E-state index >= 15 is 0 Å². The zero-order valence-corrected chi connectivity index (χ0v) is 11.4. The quantitative estimate of drug-likeness (QED) is 0.832. The molecule has 0 atom stereocenters. The molecule has 1 aliphatic rings. The van der Waals surface area contributed by atoms with E-state index in [9.17, 15) is 14.3 Å². The summed E-state index contributed by atoms with van der Waals surface area (Å²) < 4.78 is 14.4. The summed E-state index contributed by atoms with van der Waals surface area (Å²) in [6.45, 7) is 0. The molecule has 4 heteroatoms. The molecule has 2 nitrogen and oxygen atoms in total. The van der Waals surface area contributed by atoms with Crippen molar-refractivity contribution in [2.75, 3.05) is 0 Å². The highest BCUT2D eigenvalue weighted by Crippen LogP contribution is 2.27. The lowest BCUT2D eigenvalue weighted by molar-refractivity contribution is 0.112. The van der Waals surface area contributed by atoms with Crippen LogP contribution >= 0.6 is 15.9 Å². The third-order valence-electron chi connectivity index (χ3n) is 2.62. The summed E-state index contributed by atoms with van der Waals surface area (Å²) in [6, 6.07) is 2.66. The van der Waals surface area contributed by atoms with Crippen molar-refractivity contribution in [3.63, 3.8) is 0 Å². The van der Waals surface area contributed by atoms with Crippen molar-refractivity contribution in [2.24, 2.45) is 0 Å². The number of halogens is 2. The molecule has 0 unspecified atom stereocenters. The van der Waals surface area contributed by atoms with Crippen molar-refractivity contribution >= 4 is 27.8 Å². The minimum Gasteiger partial charge on any atom is -0.504 e. The molecule has 1 aromatic carbocycles. The predicted octanol–water partition coefficient (Wildman–Crippen LogP) is 4.13. The van der Waals surface area contributed by atoms with Gasteiger partial charge in [0.2, 0.25) is 0 Å². The molecular formula is C15H10BrFO2. The van der Waals surface area contributed by atoms with Crippen molar-refractivity contribution in [3.8, 4) is 5.75 Å². The summed E-state index contributed by atoms with van der Waals surface area (Å²) in [4.78, 5) is 10.8. The maximum absolute atomic E-state index is 13.5. The van der Waals surface area contributed by atoms with Gasteiger partial charge >= 0.3 is 0 Å². The number of carbonyl (C=O) groups is 1. The van der Waals surface area contributed by atoms with E-state index in [1.165, 1.54) is 12.1 Å². The van der Waals surface area contributed by atoms with Gasteiger partial charge in [-0.05, 0) is 35.4 Å². The first-order chi connectivity index (χ1) is 9.11. The number of hydrogen-bond donors (Lipinski definition) is 1. The van der Waals surface area contributed by atoms with E-state index in [4.69, 9.17) is 0 Å². The molecule has 0 bridgehead atoms. The number of rotatable bonds is 2. The van der Waals surface area contributed by atoms with Crippen molar-refractivity contribution in [3.05, 3.63) is 70.0 Å². The molecule has 96 valence electrons. The second kappa shape index (κ2) is 5.80. The van der Waals surface area contributed by atoms with E-state index < -0.39 is 11.6 Å². The Morgan fingerprint density at radius 2 is 1.89 bits per heavy atom. The van der Waals surface area contributed by atoms with Crippen LogP contribution in [0.25, 0.3) is 5.57 Å². The van der Waals surface area contributed by atoms with Gasteiger partial charge in [0.1, 0.15) is 0 Å². The van der Waals surface area contributed by atoms with E-state index in [1.54, 1.807) is 12.2 Å². The van der Waals surface area contributed by atoms with Gasteiger partial charge in [-0.15, -0.1) is 0 Å². The van der Waals surface area contributed by atoms with Crippen molar-refractivity contribution in [2.45, 2.75) is 0 Å². The molecule has 0 aliphatic heterocycles. The van der Waals surface area contributed by atoms with Gasteiger partial charge in [0.05, 0.1) is 5.56 Å². The minimum absolute atomic E-state index is 0.0629. The van der Waals surface area contributed by atoms with Gasteiger partial charge in [0.25, 0.3) is 0 Å². The third kappa shape index (κ3) is 3.09. The van der Waals surface area contributed by atoms with Crippen LogP contribution in [0.3, 0.4) is 0 Å². The largest absolute Gasteiger partial charge is 0.504 e. The molecule has 0 spiro atoms. The lowest BCUT2D eigenvalue weighted by Gasteiger charge is -2.06. The zero-order valence-electron chi connectivity index (χ0n) is 9.81. The molecule has 0 heterocycles. The fraction of sp³-hybridized carbons (Fsp3) is 0. The standard InChI is InChI=1S/C15H10BrFO2/c16-13-5-1-3-10(4-2-6-13)11-7-12(9-18)15(19)14(17)8-11/h1-9,19H/b3-1-,4-2?,5-1?,6-2-,10-3?,10-4+,13-5+,13-6?. The predicted molar refractivity (Wildman–Crippen MR) is 76.7 cm³/mol. The van der Waals surface area contributed by atoms with Crippen LogP contribution in [0.4, 0.5) is 4.39 Å². The molecule has 0 radical (unpaired) electrons. The maximum Gasteiger partial charge on any atom is 0.166 e. The summed E-state index contributed by atoms with van der Waals surface area (Å²) in [5, 5.41) is 9.38. The van der Waals surface area contributed by atoms with Crippen molar-refractivity contribution < 1.29 is 14.3 Å². The molecule has 0 amide bonds. The highest BCUT2D eigenvalue weighted by Gasteiger charge is 2.10. The summed E-state index contributed by atoms with van der Waals surface area (Å²) in [5.74, 6) is -1.43. The van der Waals surface area contributed by atoms with E-state index in [2.05, 4.69) is 15.9 Å². The Labute approximate surface area is 118 Å². The number of hydrogen-bond acceptors (Lipinski definition) is 2. The molecule has 1 aromatic rings. The number of carbonyl (C=O) groups excluding carboxylic acids is 1. The second-order valence-electron chi connectivity index (χ2n) is 3.91. The van der Waals surface area contributed by atoms with E-state index in [-0.39, 0.29) is 5.56 Å². The first-order valence-corrected chi connectivity index (χ1v) is 6.31. The Balaban J connectivity index is 2.48. The van der Waals surface area contributed by atoms with Gasteiger partial charge in [-0.1, -0.05) is 40.2 Å². The summed E-state index contributed by atoms with van der Waals surface area (Å²) in [5.41, 5.74) is 1.21. The van der Waals surface area contributed by atoms with Gasteiger partial charge in [-0.2, -0.15) is 0 Å². The second-order valence-corrected chi connectivity index (χ2v) is 4.82. The molecule has 19 heavy (non-hydrogen) atoms. The Kier molecular flexibility index (Phi) is 4.12. The fourth-order valence-corrected chi connectivity index (χ4v) is 1.97. The first kappa shape index (κ1) is 13.5. The van der Waals surface area contributed by atoms with Gasteiger partial charge < -0.3 is 5.11 Å². The maximum atomic E-state index is 13.5. The number of aldehydes is 1. The van der Waals surface area contributed by atoms with Gasteiger partial charge in [0, 0.05) is 4.48 Å². The Hall–Kier alpha value is -1.94. The average molecular weight is 321 g/mol. The topological polar surface area (TPSA) is 37.3 Å². The van der Waals surface area contributed by atoms with Gasteiger partial charge in [-0.3, -0.25) is 4.79 Å². The smallest absolute Gasteiger partial charge is 0.166 e. The third-order valence-corrected chi connectivity index (χ3v) is 3.14. The summed E-state index contributed by atoms with van der Waals surface area (Å²) in [6.07, 6.45) is 11.3. The molecule has 0 saturated carbocycles. The van der Waals surface area contributed by atoms with E-state index in [1.807, 2.05) is 24.3 Å². The monoisotopic (exact) mass is 320 g/mol.